The molecule has 2 amide bonds. The summed E-state index contributed by atoms with van der Waals surface area (Å²) in [5.74, 6) is 0. The third-order valence-electron chi connectivity index (χ3n) is 3.28. The van der Waals surface area contributed by atoms with Crippen LogP contribution in [0.5, 0.6) is 0 Å². The molecule has 0 aliphatic heterocycles. The van der Waals surface area contributed by atoms with Crippen molar-refractivity contribution in [2.75, 3.05) is 5.32 Å². The van der Waals surface area contributed by atoms with Crippen LogP contribution in [0.25, 0.3) is 0 Å². The van der Waals surface area contributed by atoms with Gasteiger partial charge in [0.15, 0.2) is 0 Å². The Hall–Kier alpha value is -2.37. The van der Waals surface area contributed by atoms with Crippen LogP contribution in [0.3, 0.4) is 0 Å². The molecule has 0 unspecified atom stereocenters. The van der Waals surface area contributed by atoms with Gasteiger partial charge in [-0.25, -0.2) is 4.79 Å². The Bertz CT molecular complexity index is 565. The lowest BCUT2D eigenvalue weighted by Crippen LogP contribution is -2.34. The summed E-state index contributed by atoms with van der Waals surface area (Å²) >= 11 is 0. The monoisotopic (exact) mass is 257 g/mol. The largest absolute Gasteiger partial charge is 0.330 e. The maximum Gasteiger partial charge on any atom is 0.319 e. The molecule has 0 radical (unpaired) electrons. The van der Waals surface area contributed by atoms with E-state index in [1.807, 2.05) is 6.20 Å². The van der Waals surface area contributed by atoms with Crippen LogP contribution in [0.2, 0.25) is 0 Å². The van der Waals surface area contributed by atoms with E-state index in [9.17, 15) is 4.79 Å². The summed E-state index contributed by atoms with van der Waals surface area (Å²) < 4.78 is 0. The molecule has 3 rings (SSSR count). The second kappa shape index (κ2) is 5.09. The Morgan fingerprint density at radius 3 is 3.05 bits per heavy atom. The van der Waals surface area contributed by atoms with Gasteiger partial charge in [0.2, 0.25) is 0 Å². The first-order valence-electron chi connectivity index (χ1n) is 6.32. The van der Waals surface area contributed by atoms with Crippen molar-refractivity contribution in [3.05, 3.63) is 42.0 Å². The molecule has 2 aromatic heterocycles. The zero-order chi connectivity index (χ0) is 13.1. The number of aromatic nitrogens is 3. The van der Waals surface area contributed by atoms with Crippen molar-refractivity contribution in [1.82, 2.24) is 20.5 Å². The van der Waals surface area contributed by atoms with E-state index in [-0.39, 0.29) is 12.1 Å². The molecule has 6 heteroatoms. The average molecular weight is 257 g/mol. The maximum absolute atomic E-state index is 11.9. The summed E-state index contributed by atoms with van der Waals surface area (Å²) in [4.78, 5) is 15.8. The standard InChI is InChI=1S/C13H15N5O/c19-13(16-10-4-6-14-7-5-10)17-11-3-1-2-9-8-15-18-12(9)11/h4-8,11H,1-3H2,(H,15,18)(H2,14,16,17,19)/t11-/m0/s1. The van der Waals surface area contributed by atoms with Crippen molar-refractivity contribution >= 4 is 11.7 Å². The van der Waals surface area contributed by atoms with Gasteiger partial charge in [-0.05, 0) is 37.0 Å². The number of urea groups is 1. The van der Waals surface area contributed by atoms with E-state index in [2.05, 4.69) is 25.8 Å². The number of amides is 2. The first-order valence-corrected chi connectivity index (χ1v) is 6.32. The van der Waals surface area contributed by atoms with E-state index in [4.69, 9.17) is 0 Å². The molecule has 0 spiro atoms. The van der Waals surface area contributed by atoms with Crippen LogP contribution >= 0.6 is 0 Å². The molecule has 1 aliphatic carbocycles. The Labute approximate surface area is 110 Å². The number of fused-ring (bicyclic) bond motifs is 1. The molecule has 2 heterocycles. The molecular formula is C13H15N5O. The quantitative estimate of drug-likeness (QED) is 0.769. The van der Waals surface area contributed by atoms with Crippen molar-refractivity contribution in [2.24, 2.45) is 0 Å². The van der Waals surface area contributed by atoms with Gasteiger partial charge in [-0.1, -0.05) is 0 Å². The van der Waals surface area contributed by atoms with Crippen LogP contribution in [0, 0.1) is 0 Å². The number of aryl methyl sites for hydroxylation is 1. The third kappa shape index (κ3) is 2.57. The minimum atomic E-state index is -0.210. The van der Waals surface area contributed by atoms with Gasteiger partial charge in [-0.15, -0.1) is 0 Å². The van der Waals surface area contributed by atoms with E-state index in [0.29, 0.717) is 0 Å². The van der Waals surface area contributed by atoms with Gasteiger partial charge in [0.25, 0.3) is 0 Å². The Kier molecular flexibility index (Phi) is 3.14. The van der Waals surface area contributed by atoms with Gasteiger partial charge in [-0.2, -0.15) is 5.10 Å². The molecule has 0 fully saturated rings. The van der Waals surface area contributed by atoms with Crippen LogP contribution in [0.1, 0.15) is 30.1 Å². The molecule has 2 aromatic rings. The van der Waals surface area contributed by atoms with Gasteiger partial charge in [0, 0.05) is 18.1 Å². The van der Waals surface area contributed by atoms with E-state index in [1.165, 1.54) is 5.56 Å². The number of rotatable bonds is 2. The number of anilines is 1. The van der Waals surface area contributed by atoms with Crippen LogP contribution in [0.4, 0.5) is 10.5 Å². The first-order chi connectivity index (χ1) is 9.33. The predicted octanol–water partition coefficient (Wildman–Crippen LogP) is 2.00. The number of nitrogens with zero attached hydrogens (tertiary/aromatic N) is 2. The molecule has 0 aromatic carbocycles. The van der Waals surface area contributed by atoms with Gasteiger partial charge < -0.3 is 10.6 Å². The topological polar surface area (TPSA) is 82.7 Å². The molecule has 19 heavy (non-hydrogen) atoms. The number of nitrogens with one attached hydrogen (secondary N) is 3. The first kappa shape index (κ1) is 11.7. The lowest BCUT2D eigenvalue weighted by atomic mass is 9.94. The smallest absolute Gasteiger partial charge is 0.319 e. The van der Waals surface area contributed by atoms with Crippen molar-refractivity contribution in [2.45, 2.75) is 25.3 Å². The summed E-state index contributed by atoms with van der Waals surface area (Å²) in [6, 6.07) is 3.30. The van der Waals surface area contributed by atoms with Crippen molar-refractivity contribution in [1.29, 1.82) is 0 Å². The van der Waals surface area contributed by atoms with E-state index < -0.39 is 0 Å². The SMILES string of the molecule is O=C(Nc1ccncc1)N[C@H]1CCCc2cn[nH]c21. The molecule has 0 bridgehead atoms. The Morgan fingerprint density at radius 2 is 2.21 bits per heavy atom. The number of hydrogen-bond acceptors (Lipinski definition) is 3. The number of pyridine rings is 1. The van der Waals surface area contributed by atoms with E-state index >= 15 is 0 Å². The lowest BCUT2D eigenvalue weighted by molar-refractivity contribution is 0.247. The fourth-order valence-electron chi connectivity index (χ4n) is 2.37. The number of hydrogen-bond donors (Lipinski definition) is 3. The molecule has 1 atom stereocenters. The lowest BCUT2D eigenvalue weighted by Gasteiger charge is -2.23. The average Bonchev–Trinajstić information content (AvgIpc) is 2.89. The second-order valence-corrected chi connectivity index (χ2v) is 4.59. The molecular weight excluding hydrogens is 242 g/mol. The molecule has 3 N–H and O–H groups in total. The normalized spacial score (nSPS) is 17.6. The van der Waals surface area contributed by atoms with Gasteiger partial charge in [0.05, 0.1) is 17.9 Å². The molecule has 6 nitrogen and oxygen atoms in total. The van der Waals surface area contributed by atoms with Gasteiger partial charge >= 0.3 is 6.03 Å². The minimum Gasteiger partial charge on any atom is -0.330 e. The number of carbonyl (C=O) groups is 1. The van der Waals surface area contributed by atoms with Gasteiger partial charge in [0.1, 0.15) is 0 Å². The minimum absolute atomic E-state index is 0.00749. The van der Waals surface area contributed by atoms with Crippen LogP contribution in [-0.2, 0) is 6.42 Å². The Balaban J connectivity index is 1.65. The van der Waals surface area contributed by atoms with Crippen LogP contribution in [0.15, 0.2) is 30.7 Å². The zero-order valence-corrected chi connectivity index (χ0v) is 10.4. The van der Waals surface area contributed by atoms with Crippen molar-refractivity contribution in [3.8, 4) is 0 Å². The summed E-state index contributed by atoms with van der Waals surface area (Å²) in [6.45, 7) is 0. The van der Waals surface area contributed by atoms with E-state index in [1.54, 1.807) is 24.5 Å². The highest BCUT2D eigenvalue weighted by atomic mass is 16.2. The molecule has 1 aliphatic rings. The van der Waals surface area contributed by atoms with Crippen LogP contribution < -0.4 is 10.6 Å². The summed E-state index contributed by atoms with van der Waals surface area (Å²) in [6.07, 6.45) is 8.14. The number of H-pyrrole nitrogens is 1. The second-order valence-electron chi connectivity index (χ2n) is 4.59. The molecule has 0 saturated carbocycles. The highest BCUT2D eigenvalue weighted by Gasteiger charge is 2.23. The highest BCUT2D eigenvalue weighted by Crippen LogP contribution is 2.27. The molecule has 98 valence electrons. The van der Waals surface area contributed by atoms with Crippen molar-refractivity contribution < 1.29 is 4.79 Å². The molecule has 0 saturated heterocycles. The van der Waals surface area contributed by atoms with Crippen molar-refractivity contribution in [3.63, 3.8) is 0 Å². The predicted molar refractivity (Wildman–Crippen MR) is 70.7 cm³/mol. The summed E-state index contributed by atoms with van der Waals surface area (Å²) in [7, 11) is 0. The summed E-state index contributed by atoms with van der Waals surface area (Å²) in [5, 5.41) is 12.8. The third-order valence-corrected chi connectivity index (χ3v) is 3.28. The maximum atomic E-state index is 11.9. The summed E-state index contributed by atoms with van der Waals surface area (Å²) in [5.41, 5.74) is 2.95. The zero-order valence-electron chi connectivity index (χ0n) is 10.4. The van der Waals surface area contributed by atoms with E-state index in [0.717, 1.165) is 30.6 Å². The fourth-order valence-corrected chi connectivity index (χ4v) is 2.37. The highest BCUT2D eigenvalue weighted by molar-refractivity contribution is 5.89. The number of aromatic amines is 1. The van der Waals surface area contributed by atoms with Crippen LogP contribution in [-0.4, -0.2) is 21.2 Å². The van der Waals surface area contributed by atoms with Gasteiger partial charge in [-0.3, -0.25) is 10.1 Å². The number of carbonyl (C=O) groups excluding carboxylic acids is 1. The fraction of sp³-hybridized carbons (Fsp3) is 0.308. The Morgan fingerprint density at radius 1 is 1.37 bits per heavy atom.